The van der Waals surface area contributed by atoms with Gasteiger partial charge in [-0.1, -0.05) is 12.1 Å². The summed E-state index contributed by atoms with van der Waals surface area (Å²) in [7, 11) is 0. The van der Waals surface area contributed by atoms with Crippen LogP contribution in [0.2, 0.25) is 0 Å². The maximum absolute atomic E-state index is 11.7. The molecule has 0 radical (unpaired) electrons. The largest absolute Gasteiger partial charge is 0.398 e. The third-order valence-electron chi connectivity index (χ3n) is 2.25. The summed E-state index contributed by atoms with van der Waals surface area (Å²) in [6, 6.07) is 5.24. The van der Waals surface area contributed by atoms with Gasteiger partial charge in [-0.05, 0) is 31.5 Å². The lowest BCUT2D eigenvalue weighted by Crippen LogP contribution is -2.30. The first-order chi connectivity index (χ1) is 7.04. The molecule has 0 fully saturated rings. The maximum Gasteiger partial charge on any atom is 0.251 e. The van der Waals surface area contributed by atoms with Crippen LogP contribution in [0.15, 0.2) is 30.9 Å². The molecule has 15 heavy (non-hydrogen) atoms. The summed E-state index contributed by atoms with van der Waals surface area (Å²) in [5, 5.41) is 2.78. The molecule has 1 amide bonds. The average molecular weight is 204 g/mol. The molecule has 1 atom stereocenters. The topological polar surface area (TPSA) is 55.1 Å². The fourth-order valence-electron chi connectivity index (χ4n) is 1.13. The van der Waals surface area contributed by atoms with Crippen molar-refractivity contribution >= 4 is 11.6 Å². The molecule has 1 aromatic carbocycles. The third-order valence-corrected chi connectivity index (χ3v) is 2.25. The Bertz CT molecular complexity index is 385. The van der Waals surface area contributed by atoms with Gasteiger partial charge in [-0.15, -0.1) is 6.58 Å². The van der Waals surface area contributed by atoms with Crippen molar-refractivity contribution < 1.29 is 4.79 Å². The minimum Gasteiger partial charge on any atom is -0.398 e. The summed E-state index contributed by atoms with van der Waals surface area (Å²) >= 11 is 0. The molecule has 0 aliphatic heterocycles. The fraction of sp³-hybridized carbons (Fsp3) is 0.250. The first kappa shape index (κ1) is 11.3. The number of hydrogen-bond donors (Lipinski definition) is 2. The second kappa shape index (κ2) is 4.64. The highest BCUT2D eigenvalue weighted by Gasteiger charge is 2.08. The number of amides is 1. The van der Waals surface area contributed by atoms with Gasteiger partial charge in [0.1, 0.15) is 0 Å². The Morgan fingerprint density at radius 1 is 1.60 bits per heavy atom. The molecule has 0 aliphatic rings. The van der Waals surface area contributed by atoms with Gasteiger partial charge in [0.05, 0.1) is 0 Å². The van der Waals surface area contributed by atoms with Gasteiger partial charge < -0.3 is 11.1 Å². The zero-order valence-electron chi connectivity index (χ0n) is 9.08. The van der Waals surface area contributed by atoms with E-state index in [1.165, 1.54) is 0 Å². The molecule has 3 heteroatoms. The lowest BCUT2D eigenvalue weighted by Gasteiger charge is -2.10. The Labute approximate surface area is 90.0 Å². The molecule has 0 aliphatic carbocycles. The summed E-state index contributed by atoms with van der Waals surface area (Å²) in [5.41, 5.74) is 7.91. The van der Waals surface area contributed by atoms with Crippen LogP contribution in [0.25, 0.3) is 0 Å². The molecule has 80 valence electrons. The minimum atomic E-state index is -0.130. The zero-order valence-corrected chi connectivity index (χ0v) is 9.08. The van der Waals surface area contributed by atoms with E-state index in [0.29, 0.717) is 11.3 Å². The Balaban J connectivity index is 2.83. The van der Waals surface area contributed by atoms with Crippen molar-refractivity contribution in [3.05, 3.63) is 42.0 Å². The number of anilines is 1. The summed E-state index contributed by atoms with van der Waals surface area (Å²) in [6.45, 7) is 7.37. The molecule has 0 saturated carbocycles. The third kappa shape index (κ3) is 2.84. The predicted octanol–water partition coefficient (Wildman–Crippen LogP) is 1.88. The molecular weight excluding hydrogens is 188 g/mol. The van der Waals surface area contributed by atoms with E-state index in [0.717, 1.165) is 5.56 Å². The molecular formula is C12H16N2O. The molecule has 0 heterocycles. The SMILES string of the molecule is C=CC(C)NC(=O)c1ccc(C)c(N)c1. The van der Waals surface area contributed by atoms with E-state index in [-0.39, 0.29) is 11.9 Å². The van der Waals surface area contributed by atoms with Crippen LogP contribution in [-0.4, -0.2) is 11.9 Å². The zero-order chi connectivity index (χ0) is 11.4. The number of hydrogen-bond acceptors (Lipinski definition) is 2. The Hall–Kier alpha value is -1.77. The highest BCUT2D eigenvalue weighted by molar-refractivity contribution is 5.95. The monoisotopic (exact) mass is 204 g/mol. The quantitative estimate of drug-likeness (QED) is 0.583. The number of aryl methyl sites for hydroxylation is 1. The summed E-state index contributed by atoms with van der Waals surface area (Å²) in [5.74, 6) is -0.130. The molecule has 3 N–H and O–H groups in total. The Morgan fingerprint density at radius 3 is 2.80 bits per heavy atom. The number of carbonyl (C=O) groups excluding carboxylic acids is 1. The molecule has 3 nitrogen and oxygen atoms in total. The number of nitrogens with one attached hydrogen (secondary N) is 1. The van der Waals surface area contributed by atoms with E-state index in [1.807, 2.05) is 19.9 Å². The minimum absolute atomic E-state index is 0.0416. The van der Waals surface area contributed by atoms with Crippen LogP contribution < -0.4 is 11.1 Å². The second-order valence-corrected chi connectivity index (χ2v) is 3.57. The molecule has 1 rings (SSSR count). The van der Waals surface area contributed by atoms with Crippen LogP contribution in [0.1, 0.15) is 22.8 Å². The second-order valence-electron chi connectivity index (χ2n) is 3.57. The van der Waals surface area contributed by atoms with Gasteiger partial charge >= 0.3 is 0 Å². The molecule has 1 aromatic rings. The summed E-state index contributed by atoms with van der Waals surface area (Å²) < 4.78 is 0. The van der Waals surface area contributed by atoms with E-state index in [1.54, 1.807) is 18.2 Å². The van der Waals surface area contributed by atoms with Gasteiger partial charge in [0.15, 0.2) is 0 Å². The fourth-order valence-corrected chi connectivity index (χ4v) is 1.13. The summed E-state index contributed by atoms with van der Waals surface area (Å²) in [6.07, 6.45) is 1.68. The number of carbonyl (C=O) groups is 1. The lowest BCUT2D eigenvalue weighted by molar-refractivity contribution is 0.0947. The van der Waals surface area contributed by atoms with Crippen LogP contribution in [0.5, 0.6) is 0 Å². The number of nitrogen functional groups attached to an aromatic ring is 1. The Kier molecular flexibility index (Phi) is 3.50. The molecule has 0 spiro atoms. The van der Waals surface area contributed by atoms with Crippen LogP contribution in [0.4, 0.5) is 5.69 Å². The molecule has 0 bridgehead atoms. The normalized spacial score (nSPS) is 11.9. The predicted molar refractivity (Wildman–Crippen MR) is 62.7 cm³/mol. The van der Waals surface area contributed by atoms with Gasteiger partial charge in [0, 0.05) is 17.3 Å². The average Bonchev–Trinajstić information content (AvgIpc) is 2.21. The van der Waals surface area contributed by atoms with Crippen LogP contribution in [0, 0.1) is 6.92 Å². The van der Waals surface area contributed by atoms with E-state index in [4.69, 9.17) is 5.73 Å². The molecule has 1 unspecified atom stereocenters. The highest BCUT2D eigenvalue weighted by atomic mass is 16.1. The van der Waals surface area contributed by atoms with Crippen molar-refractivity contribution in [3.8, 4) is 0 Å². The van der Waals surface area contributed by atoms with Crippen LogP contribution in [0.3, 0.4) is 0 Å². The van der Waals surface area contributed by atoms with E-state index >= 15 is 0 Å². The van der Waals surface area contributed by atoms with Gasteiger partial charge in [0.25, 0.3) is 5.91 Å². The van der Waals surface area contributed by atoms with Crippen molar-refractivity contribution in [2.24, 2.45) is 0 Å². The Morgan fingerprint density at radius 2 is 2.27 bits per heavy atom. The van der Waals surface area contributed by atoms with Crippen molar-refractivity contribution in [3.63, 3.8) is 0 Å². The van der Waals surface area contributed by atoms with Crippen molar-refractivity contribution in [1.82, 2.24) is 5.32 Å². The van der Waals surface area contributed by atoms with Gasteiger partial charge in [-0.2, -0.15) is 0 Å². The lowest BCUT2D eigenvalue weighted by atomic mass is 10.1. The highest BCUT2D eigenvalue weighted by Crippen LogP contribution is 2.12. The van der Waals surface area contributed by atoms with Gasteiger partial charge in [0.2, 0.25) is 0 Å². The smallest absolute Gasteiger partial charge is 0.251 e. The van der Waals surface area contributed by atoms with Crippen LogP contribution >= 0.6 is 0 Å². The van der Waals surface area contributed by atoms with E-state index < -0.39 is 0 Å². The van der Waals surface area contributed by atoms with Gasteiger partial charge in [-0.25, -0.2) is 0 Å². The summed E-state index contributed by atoms with van der Waals surface area (Å²) in [4.78, 5) is 11.7. The van der Waals surface area contributed by atoms with Crippen molar-refractivity contribution in [1.29, 1.82) is 0 Å². The number of rotatable bonds is 3. The first-order valence-electron chi connectivity index (χ1n) is 4.84. The van der Waals surface area contributed by atoms with E-state index in [9.17, 15) is 4.79 Å². The van der Waals surface area contributed by atoms with E-state index in [2.05, 4.69) is 11.9 Å². The standard InChI is InChI=1S/C12H16N2O/c1-4-9(3)14-12(15)10-6-5-8(2)11(13)7-10/h4-7,9H,1,13H2,2-3H3,(H,14,15). The molecule has 0 saturated heterocycles. The van der Waals surface area contributed by atoms with Crippen LogP contribution in [-0.2, 0) is 0 Å². The van der Waals surface area contributed by atoms with Crippen molar-refractivity contribution in [2.75, 3.05) is 5.73 Å². The number of nitrogens with two attached hydrogens (primary N) is 1. The van der Waals surface area contributed by atoms with Crippen molar-refractivity contribution in [2.45, 2.75) is 19.9 Å². The molecule has 0 aromatic heterocycles. The first-order valence-corrected chi connectivity index (χ1v) is 4.84. The number of benzene rings is 1. The van der Waals surface area contributed by atoms with Gasteiger partial charge in [-0.3, -0.25) is 4.79 Å². The maximum atomic E-state index is 11.7.